The van der Waals surface area contributed by atoms with Crippen molar-refractivity contribution in [3.05, 3.63) is 28.3 Å². The maximum absolute atomic E-state index is 13.2. The standard InChI is InChI=1S/C11H10BrFN2O/c12-7-4-6(13)5-9-10(7)16-11(15-9)8-2-1-3-14-8/h4-5,8,14H,1-3H2. The lowest BCUT2D eigenvalue weighted by molar-refractivity contribution is 0.451. The Morgan fingerprint density at radius 1 is 1.50 bits per heavy atom. The summed E-state index contributed by atoms with van der Waals surface area (Å²) in [5.74, 6) is 0.345. The van der Waals surface area contributed by atoms with Crippen LogP contribution in [0.1, 0.15) is 24.8 Å². The van der Waals surface area contributed by atoms with E-state index in [0.717, 1.165) is 19.4 Å². The number of aromatic nitrogens is 1. The first-order chi connectivity index (χ1) is 7.74. The second-order valence-corrected chi connectivity index (χ2v) is 4.79. The Kier molecular flexibility index (Phi) is 2.44. The summed E-state index contributed by atoms with van der Waals surface area (Å²) in [6.45, 7) is 0.985. The second-order valence-electron chi connectivity index (χ2n) is 3.94. The number of nitrogens with one attached hydrogen (secondary N) is 1. The fraction of sp³-hybridized carbons (Fsp3) is 0.364. The van der Waals surface area contributed by atoms with E-state index in [9.17, 15) is 4.39 Å². The van der Waals surface area contributed by atoms with Gasteiger partial charge in [-0.15, -0.1) is 0 Å². The van der Waals surface area contributed by atoms with Gasteiger partial charge in [-0.3, -0.25) is 0 Å². The van der Waals surface area contributed by atoms with Crippen LogP contribution in [0.2, 0.25) is 0 Å². The number of halogens is 2. The van der Waals surface area contributed by atoms with Gasteiger partial charge in [0.1, 0.15) is 11.3 Å². The highest BCUT2D eigenvalue weighted by Crippen LogP contribution is 2.30. The molecule has 0 saturated carbocycles. The van der Waals surface area contributed by atoms with E-state index in [2.05, 4.69) is 26.2 Å². The molecule has 3 nitrogen and oxygen atoms in total. The molecule has 2 aromatic rings. The molecule has 2 heterocycles. The minimum absolute atomic E-state index is 0.169. The average molecular weight is 285 g/mol. The van der Waals surface area contributed by atoms with Crippen molar-refractivity contribution in [2.24, 2.45) is 0 Å². The van der Waals surface area contributed by atoms with Gasteiger partial charge in [0.05, 0.1) is 10.5 Å². The molecule has 5 heteroatoms. The Morgan fingerprint density at radius 3 is 3.12 bits per heavy atom. The summed E-state index contributed by atoms with van der Waals surface area (Å²) in [6.07, 6.45) is 2.14. The summed E-state index contributed by atoms with van der Waals surface area (Å²) < 4.78 is 19.4. The van der Waals surface area contributed by atoms with Crippen LogP contribution >= 0.6 is 15.9 Å². The molecule has 1 atom stereocenters. The normalized spacial score (nSPS) is 20.8. The number of nitrogens with zero attached hydrogens (tertiary/aromatic N) is 1. The maximum Gasteiger partial charge on any atom is 0.212 e. The van der Waals surface area contributed by atoms with Crippen molar-refractivity contribution >= 4 is 27.0 Å². The van der Waals surface area contributed by atoms with Gasteiger partial charge in [-0.05, 0) is 41.4 Å². The van der Waals surface area contributed by atoms with Crippen LogP contribution in [0.25, 0.3) is 11.1 Å². The Bertz CT molecular complexity index is 534. The monoisotopic (exact) mass is 284 g/mol. The Balaban J connectivity index is 2.11. The molecule has 1 unspecified atom stereocenters. The van der Waals surface area contributed by atoms with Crippen LogP contribution in [0, 0.1) is 5.82 Å². The van der Waals surface area contributed by atoms with Gasteiger partial charge in [-0.2, -0.15) is 0 Å². The van der Waals surface area contributed by atoms with Gasteiger partial charge < -0.3 is 9.73 Å². The summed E-state index contributed by atoms with van der Waals surface area (Å²) in [5, 5.41) is 3.30. The van der Waals surface area contributed by atoms with Gasteiger partial charge in [0.2, 0.25) is 5.89 Å². The highest BCUT2D eigenvalue weighted by atomic mass is 79.9. The molecule has 16 heavy (non-hydrogen) atoms. The number of hydrogen-bond donors (Lipinski definition) is 1. The predicted molar refractivity (Wildman–Crippen MR) is 61.6 cm³/mol. The molecule has 0 aliphatic carbocycles. The molecule has 1 aliphatic heterocycles. The Morgan fingerprint density at radius 2 is 2.38 bits per heavy atom. The minimum Gasteiger partial charge on any atom is -0.438 e. The molecule has 1 aliphatic rings. The highest BCUT2D eigenvalue weighted by molar-refractivity contribution is 9.10. The van der Waals surface area contributed by atoms with E-state index < -0.39 is 0 Å². The fourth-order valence-corrected chi connectivity index (χ4v) is 2.52. The smallest absolute Gasteiger partial charge is 0.212 e. The highest BCUT2D eigenvalue weighted by Gasteiger charge is 2.22. The van der Waals surface area contributed by atoms with Crippen molar-refractivity contribution in [1.82, 2.24) is 10.3 Å². The summed E-state index contributed by atoms with van der Waals surface area (Å²) in [5.41, 5.74) is 1.18. The van der Waals surface area contributed by atoms with E-state index in [4.69, 9.17) is 4.42 Å². The van der Waals surface area contributed by atoms with Gasteiger partial charge in [0.15, 0.2) is 5.58 Å². The zero-order chi connectivity index (χ0) is 11.1. The molecule has 1 saturated heterocycles. The number of benzene rings is 1. The summed E-state index contributed by atoms with van der Waals surface area (Å²) >= 11 is 3.28. The number of fused-ring (bicyclic) bond motifs is 1. The molecule has 3 rings (SSSR count). The van der Waals surface area contributed by atoms with E-state index in [1.54, 1.807) is 0 Å². The number of rotatable bonds is 1. The SMILES string of the molecule is Fc1cc(Br)c2oc(C3CCCN3)nc2c1. The average Bonchev–Trinajstić information content (AvgIpc) is 2.82. The molecule has 0 bridgehead atoms. The number of oxazole rings is 1. The van der Waals surface area contributed by atoms with E-state index in [1.807, 2.05) is 0 Å². The fourth-order valence-electron chi connectivity index (χ4n) is 2.02. The van der Waals surface area contributed by atoms with Gasteiger partial charge in [-0.25, -0.2) is 9.37 Å². The quantitative estimate of drug-likeness (QED) is 0.874. The molecule has 84 valence electrons. The molecule has 1 aromatic carbocycles. The third kappa shape index (κ3) is 1.64. The van der Waals surface area contributed by atoms with E-state index in [1.165, 1.54) is 12.1 Å². The van der Waals surface area contributed by atoms with Crippen molar-refractivity contribution in [2.45, 2.75) is 18.9 Å². The summed E-state index contributed by atoms with van der Waals surface area (Å²) in [7, 11) is 0. The van der Waals surface area contributed by atoms with Crippen molar-refractivity contribution in [3.8, 4) is 0 Å². The van der Waals surface area contributed by atoms with Gasteiger partial charge in [0.25, 0.3) is 0 Å². The van der Waals surface area contributed by atoms with Crippen molar-refractivity contribution in [3.63, 3.8) is 0 Å². The molecule has 1 aromatic heterocycles. The molecule has 1 fully saturated rings. The van der Waals surface area contributed by atoms with Crippen LogP contribution in [0.5, 0.6) is 0 Å². The minimum atomic E-state index is -0.307. The zero-order valence-corrected chi connectivity index (χ0v) is 10.1. The first kappa shape index (κ1) is 10.2. The van der Waals surface area contributed by atoms with Crippen LogP contribution < -0.4 is 5.32 Å². The molecule has 0 amide bonds. The van der Waals surface area contributed by atoms with E-state index >= 15 is 0 Å². The van der Waals surface area contributed by atoms with Crippen molar-refractivity contribution < 1.29 is 8.81 Å². The van der Waals surface area contributed by atoms with Crippen molar-refractivity contribution in [1.29, 1.82) is 0 Å². The second kappa shape index (κ2) is 3.82. The van der Waals surface area contributed by atoms with Gasteiger partial charge >= 0.3 is 0 Å². The van der Waals surface area contributed by atoms with Crippen molar-refractivity contribution in [2.75, 3.05) is 6.54 Å². The van der Waals surface area contributed by atoms with Crippen LogP contribution in [0.4, 0.5) is 4.39 Å². The summed E-state index contributed by atoms with van der Waals surface area (Å²) in [4.78, 5) is 4.32. The molecular formula is C11H10BrFN2O. The Hall–Kier alpha value is -0.940. The maximum atomic E-state index is 13.2. The first-order valence-corrected chi connectivity index (χ1v) is 6.02. The molecule has 0 radical (unpaired) electrons. The van der Waals surface area contributed by atoms with Crippen LogP contribution in [0.15, 0.2) is 21.0 Å². The van der Waals surface area contributed by atoms with Gasteiger partial charge in [0, 0.05) is 6.07 Å². The lowest BCUT2D eigenvalue weighted by Crippen LogP contribution is -2.12. The molecule has 0 spiro atoms. The predicted octanol–water partition coefficient (Wildman–Crippen LogP) is 3.15. The van der Waals surface area contributed by atoms with Crippen LogP contribution in [-0.4, -0.2) is 11.5 Å². The largest absolute Gasteiger partial charge is 0.438 e. The molecular weight excluding hydrogens is 275 g/mol. The zero-order valence-electron chi connectivity index (χ0n) is 8.46. The van der Waals surface area contributed by atoms with Crippen LogP contribution in [0.3, 0.4) is 0 Å². The third-order valence-corrected chi connectivity index (χ3v) is 3.37. The lowest BCUT2D eigenvalue weighted by Gasteiger charge is -2.02. The third-order valence-electron chi connectivity index (χ3n) is 2.78. The number of hydrogen-bond acceptors (Lipinski definition) is 3. The van der Waals surface area contributed by atoms with Gasteiger partial charge in [-0.1, -0.05) is 0 Å². The van der Waals surface area contributed by atoms with E-state index in [-0.39, 0.29) is 11.9 Å². The molecule has 1 N–H and O–H groups in total. The van der Waals surface area contributed by atoms with E-state index in [0.29, 0.717) is 21.5 Å². The van der Waals surface area contributed by atoms with Crippen LogP contribution in [-0.2, 0) is 0 Å². The lowest BCUT2D eigenvalue weighted by atomic mass is 10.2. The Labute approximate surface area is 100 Å². The first-order valence-electron chi connectivity index (χ1n) is 5.23. The topological polar surface area (TPSA) is 38.1 Å². The summed E-state index contributed by atoms with van der Waals surface area (Å²) in [6, 6.07) is 2.95.